The van der Waals surface area contributed by atoms with Crippen molar-refractivity contribution in [3.05, 3.63) is 0 Å². The summed E-state index contributed by atoms with van der Waals surface area (Å²) in [6.45, 7) is 3.72. The number of carbonyl (C=O) groups excluding carboxylic acids is 2. The second kappa shape index (κ2) is 14.3. The van der Waals surface area contributed by atoms with Crippen LogP contribution < -0.4 is 5.32 Å². The van der Waals surface area contributed by atoms with Gasteiger partial charge in [-0.3, -0.25) is 19.5 Å². The van der Waals surface area contributed by atoms with E-state index in [0.717, 1.165) is 57.7 Å². The summed E-state index contributed by atoms with van der Waals surface area (Å²) >= 11 is 0. The van der Waals surface area contributed by atoms with Crippen molar-refractivity contribution in [2.45, 2.75) is 134 Å². The highest BCUT2D eigenvalue weighted by atomic mass is 16.2. The highest BCUT2D eigenvalue weighted by molar-refractivity contribution is 6.02. The molecule has 4 aliphatic rings. The zero-order chi connectivity index (χ0) is 24.3. The fourth-order valence-corrected chi connectivity index (χ4v) is 6.75. The summed E-state index contributed by atoms with van der Waals surface area (Å²) in [6.07, 6.45) is 22.8. The van der Waals surface area contributed by atoms with Crippen molar-refractivity contribution in [1.29, 1.82) is 0 Å². The number of fused-ring (bicyclic) bond motifs is 1. The molecule has 2 atom stereocenters. The molecule has 0 aromatic rings. The van der Waals surface area contributed by atoms with Crippen LogP contribution in [0.15, 0.2) is 4.99 Å². The van der Waals surface area contributed by atoms with Gasteiger partial charge in [0.1, 0.15) is 5.84 Å². The van der Waals surface area contributed by atoms with Crippen LogP contribution in [0.5, 0.6) is 0 Å². The van der Waals surface area contributed by atoms with E-state index in [-0.39, 0.29) is 23.8 Å². The van der Waals surface area contributed by atoms with Gasteiger partial charge in [0, 0.05) is 45.1 Å². The molecule has 1 saturated heterocycles. The van der Waals surface area contributed by atoms with Crippen molar-refractivity contribution < 1.29 is 9.59 Å². The van der Waals surface area contributed by atoms with Crippen LogP contribution in [0, 0.1) is 5.92 Å². The summed E-state index contributed by atoms with van der Waals surface area (Å²) in [7, 11) is 0. The molecule has 35 heavy (non-hydrogen) atoms. The largest absolute Gasteiger partial charge is 0.340 e. The van der Waals surface area contributed by atoms with Crippen LogP contribution in [0.2, 0.25) is 0 Å². The minimum Gasteiger partial charge on any atom is -0.340 e. The normalized spacial score (nSPS) is 29.0. The van der Waals surface area contributed by atoms with E-state index in [4.69, 9.17) is 4.99 Å². The first-order chi connectivity index (χ1) is 17.2. The Morgan fingerprint density at radius 1 is 0.743 bits per heavy atom. The van der Waals surface area contributed by atoms with E-state index in [0.29, 0.717) is 18.9 Å². The Morgan fingerprint density at radius 2 is 1.29 bits per heavy atom. The van der Waals surface area contributed by atoms with Gasteiger partial charge in [0.25, 0.3) is 0 Å². The topological polar surface area (TPSA) is 65.0 Å². The van der Waals surface area contributed by atoms with Crippen molar-refractivity contribution >= 4 is 17.6 Å². The Labute approximate surface area is 213 Å². The SMILES string of the molecule is O=C1NC(CCC(=O)N2CCN(C3CCCCCCCCCC3)CC2)=NC2CCCCCCCC12. The summed E-state index contributed by atoms with van der Waals surface area (Å²) < 4.78 is 0. The first kappa shape index (κ1) is 26.6. The lowest BCUT2D eigenvalue weighted by Crippen LogP contribution is -2.52. The lowest BCUT2D eigenvalue weighted by molar-refractivity contribution is -0.133. The third-order valence-corrected chi connectivity index (χ3v) is 8.99. The second-order valence-electron chi connectivity index (χ2n) is 11.6. The van der Waals surface area contributed by atoms with Crippen molar-refractivity contribution in [2.24, 2.45) is 10.9 Å². The molecular weight excluding hydrogens is 436 g/mol. The smallest absolute Gasteiger partial charge is 0.230 e. The van der Waals surface area contributed by atoms with E-state index >= 15 is 0 Å². The van der Waals surface area contributed by atoms with Gasteiger partial charge in [-0.25, -0.2) is 0 Å². The molecule has 2 aliphatic carbocycles. The van der Waals surface area contributed by atoms with E-state index in [1.807, 2.05) is 0 Å². The van der Waals surface area contributed by atoms with Crippen LogP contribution in [0.4, 0.5) is 0 Å². The third kappa shape index (κ3) is 8.30. The van der Waals surface area contributed by atoms with E-state index in [2.05, 4.69) is 15.1 Å². The molecule has 2 aliphatic heterocycles. The van der Waals surface area contributed by atoms with Crippen LogP contribution in [0.25, 0.3) is 0 Å². The first-order valence-electron chi connectivity index (χ1n) is 15.1. The molecule has 2 unspecified atom stereocenters. The van der Waals surface area contributed by atoms with Crippen LogP contribution in [0.3, 0.4) is 0 Å². The number of amides is 2. The van der Waals surface area contributed by atoms with Gasteiger partial charge < -0.3 is 10.2 Å². The van der Waals surface area contributed by atoms with Crippen molar-refractivity contribution in [2.75, 3.05) is 26.2 Å². The minimum absolute atomic E-state index is 0.0342. The van der Waals surface area contributed by atoms with Gasteiger partial charge >= 0.3 is 0 Å². The van der Waals surface area contributed by atoms with Gasteiger partial charge in [-0.15, -0.1) is 0 Å². The predicted octanol–water partition coefficient (Wildman–Crippen LogP) is 5.45. The van der Waals surface area contributed by atoms with E-state index in [9.17, 15) is 9.59 Å². The highest BCUT2D eigenvalue weighted by Crippen LogP contribution is 2.27. The first-order valence-corrected chi connectivity index (χ1v) is 15.1. The third-order valence-electron chi connectivity index (χ3n) is 8.99. The number of rotatable bonds is 4. The number of aliphatic imine (C=N–C) groups is 1. The summed E-state index contributed by atoms with van der Waals surface area (Å²) in [5, 5.41) is 3.05. The summed E-state index contributed by atoms with van der Waals surface area (Å²) in [5.41, 5.74) is 0. The fourth-order valence-electron chi connectivity index (χ4n) is 6.75. The second-order valence-corrected chi connectivity index (χ2v) is 11.6. The summed E-state index contributed by atoms with van der Waals surface area (Å²) in [5.74, 6) is 1.15. The monoisotopic (exact) mass is 486 g/mol. The van der Waals surface area contributed by atoms with E-state index in [1.54, 1.807) is 0 Å². The number of hydrogen-bond donors (Lipinski definition) is 1. The maximum absolute atomic E-state index is 13.0. The molecule has 3 fully saturated rings. The molecule has 1 N–H and O–H groups in total. The maximum Gasteiger partial charge on any atom is 0.230 e. The van der Waals surface area contributed by atoms with Gasteiger partial charge in [0.15, 0.2) is 0 Å². The molecule has 0 bridgehead atoms. The lowest BCUT2D eigenvalue weighted by Gasteiger charge is -2.39. The Kier molecular flexibility index (Phi) is 10.9. The number of nitrogens with one attached hydrogen (secondary N) is 1. The lowest BCUT2D eigenvalue weighted by atomic mass is 9.89. The molecule has 2 amide bonds. The molecule has 0 radical (unpaired) electrons. The zero-order valence-electron chi connectivity index (χ0n) is 22.2. The fraction of sp³-hybridized carbons (Fsp3) is 0.897. The molecule has 6 heteroatoms. The summed E-state index contributed by atoms with van der Waals surface area (Å²) in [6, 6.07) is 0.829. The van der Waals surface area contributed by atoms with E-state index < -0.39 is 0 Å². The average Bonchev–Trinajstić information content (AvgIpc) is 2.94. The highest BCUT2D eigenvalue weighted by Gasteiger charge is 2.33. The summed E-state index contributed by atoms with van der Waals surface area (Å²) in [4.78, 5) is 35.4. The zero-order valence-corrected chi connectivity index (χ0v) is 22.2. The van der Waals surface area contributed by atoms with Crippen LogP contribution in [0.1, 0.15) is 122 Å². The van der Waals surface area contributed by atoms with Gasteiger partial charge in [-0.05, 0) is 25.7 Å². The Bertz CT molecular complexity index is 689. The van der Waals surface area contributed by atoms with Gasteiger partial charge in [0.2, 0.25) is 11.8 Å². The number of piperazine rings is 1. The number of carbonyl (C=O) groups is 2. The number of amidine groups is 1. The van der Waals surface area contributed by atoms with Crippen molar-refractivity contribution in [3.63, 3.8) is 0 Å². The molecule has 2 heterocycles. The van der Waals surface area contributed by atoms with Crippen LogP contribution >= 0.6 is 0 Å². The number of nitrogens with zero attached hydrogens (tertiary/aromatic N) is 3. The Morgan fingerprint density at radius 3 is 1.91 bits per heavy atom. The molecule has 0 spiro atoms. The molecule has 6 nitrogen and oxygen atoms in total. The van der Waals surface area contributed by atoms with Gasteiger partial charge in [-0.2, -0.15) is 0 Å². The van der Waals surface area contributed by atoms with Crippen LogP contribution in [-0.4, -0.2) is 65.7 Å². The maximum atomic E-state index is 13.0. The molecule has 198 valence electrons. The quantitative estimate of drug-likeness (QED) is 0.574. The predicted molar refractivity (Wildman–Crippen MR) is 143 cm³/mol. The molecule has 4 rings (SSSR count). The Balaban J connectivity index is 1.22. The molecular formula is C29H50N4O2. The Hall–Kier alpha value is -1.43. The number of hydrogen-bond acceptors (Lipinski definition) is 4. The van der Waals surface area contributed by atoms with Gasteiger partial charge in [0.05, 0.1) is 12.0 Å². The molecule has 0 aromatic heterocycles. The average molecular weight is 487 g/mol. The standard InChI is InChI=1S/C29H50N4O2/c34-28(19-18-27-30-26-17-13-9-5-8-12-16-25(26)29(35)31-27)33-22-20-32(21-23-33)24-14-10-6-3-1-2-4-7-11-15-24/h24-26H,1-23H2,(H,30,31,35). The minimum atomic E-state index is 0.0342. The molecule has 2 saturated carbocycles. The molecule has 0 aromatic carbocycles. The van der Waals surface area contributed by atoms with Crippen LogP contribution in [-0.2, 0) is 9.59 Å². The van der Waals surface area contributed by atoms with Crippen molar-refractivity contribution in [1.82, 2.24) is 15.1 Å². The van der Waals surface area contributed by atoms with Crippen molar-refractivity contribution in [3.8, 4) is 0 Å². The van der Waals surface area contributed by atoms with Gasteiger partial charge in [-0.1, -0.05) is 83.5 Å². The van der Waals surface area contributed by atoms with E-state index in [1.165, 1.54) is 83.5 Å².